The van der Waals surface area contributed by atoms with Crippen LogP contribution in [0.25, 0.3) is 28.3 Å². The molecule has 0 saturated carbocycles. The molecular weight excluding hydrogens is 382 g/mol. The fourth-order valence-electron chi connectivity index (χ4n) is 3.37. The third-order valence-corrected chi connectivity index (χ3v) is 4.73. The lowest BCUT2D eigenvalue weighted by Gasteiger charge is -2.09. The summed E-state index contributed by atoms with van der Waals surface area (Å²) in [6.07, 6.45) is 6.65. The van der Waals surface area contributed by atoms with Crippen molar-refractivity contribution in [3.05, 3.63) is 72.5 Å². The van der Waals surface area contributed by atoms with Crippen molar-refractivity contribution < 1.29 is 9.21 Å². The highest BCUT2D eigenvalue weighted by Gasteiger charge is 2.20. The van der Waals surface area contributed by atoms with Gasteiger partial charge in [-0.2, -0.15) is 10.2 Å². The predicted octanol–water partition coefficient (Wildman–Crippen LogP) is 3.37. The van der Waals surface area contributed by atoms with Gasteiger partial charge in [-0.15, -0.1) is 0 Å². The number of nitrogens with one attached hydrogen (secondary N) is 1. The van der Waals surface area contributed by atoms with E-state index < -0.39 is 0 Å². The van der Waals surface area contributed by atoms with Crippen molar-refractivity contribution in [3.63, 3.8) is 0 Å². The molecule has 5 aromatic heterocycles. The van der Waals surface area contributed by atoms with Crippen LogP contribution in [0, 0.1) is 6.92 Å². The third-order valence-electron chi connectivity index (χ3n) is 4.73. The Morgan fingerprint density at radius 2 is 2.10 bits per heavy atom. The number of hydrogen-bond acceptors (Lipinski definition) is 6. The summed E-state index contributed by atoms with van der Waals surface area (Å²) in [6.45, 7) is 1.85. The van der Waals surface area contributed by atoms with Gasteiger partial charge in [-0.3, -0.25) is 9.48 Å². The molecular formula is C21H17N7O2. The molecule has 5 rings (SSSR count). The second kappa shape index (κ2) is 6.96. The van der Waals surface area contributed by atoms with Crippen LogP contribution in [0.4, 0.5) is 5.69 Å². The molecule has 0 unspecified atom stereocenters. The maximum atomic E-state index is 13.2. The molecule has 0 aliphatic carbocycles. The zero-order valence-corrected chi connectivity index (χ0v) is 16.3. The number of hydrogen-bond donors (Lipinski definition) is 1. The van der Waals surface area contributed by atoms with E-state index in [1.165, 1.54) is 0 Å². The van der Waals surface area contributed by atoms with E-state index in [1.807, 2.05) is 13.0 Å². The minimum Gasteiger partial charge on any atom is -0.463 e. The van der Waals surface area contributed by atoms with Gasteiger partial charge in [-0.1, -0.05) is 0 Å². The van der Waals surface area contributed by atoms with E-state index in [4.69, 9.17) is 4.42 Å². The highest BCUT2D eigenvalue weighted by atomic mass is 16.3. The number of aromatic nitrogens is 6. The van der Waals surface area contributed by atoms with Crippen molar-refractivity contribution in [3.8, 4) is 17.3 Å². The Hall–Kier alpha value is -4.27. The summed E-state index contributed by atoms with van der Waals surface area (Å²) >= 11 is 0. The molecule has 0 radical (unpaired) electrons. The number of carbonyl (C=O) groups excluding carboxylic acids is 1. The number of aryl methyl sites for hydroxylation is 2. The minimum absolute atomic E-state index is 0.278. The van der Waals surface area contributed by atoms with Crippen LogP contribution in [0.5, 0.6) is 0 Å². The van der Waals surface area contributed by atoms with Gasteiger partial charge in [-0.05, 0) is 43.3 Å². The van der Waals surface area contributed by atoms with E-state index in [2.05, 4.69) is 25.5 Å². The molecule has 0 fully saturated rings. The van der Waals surface area contributed by atoms with Gasteiger partial charge in [0, 0.05) is 19.4 Å². The molecule has 1 amide bonds. The first-order valence-corrected chi connectivity index (χ1v) is 9.26. The number of nitrogens with zero attached hydrogens (tertiary/aromatic N) is 6. The molecule has 0 aromatic carbocycles. The number of furan rings is 1. The SMILES string of the molecule is Cc1nn(C)c2nc(-c3ccco3)cc(C(=O)Nc3ccc(-n4cccn4)nc3)c12. The fraction of sp³-hybridized carbons (Fsp3) is 0.0952. The Morgan fingerprint density at radius 1 is 1.20 bits per heavy atom. The zero-order valence-electron chi connectivity index (χ0n) is 16.3. The van der Waals surface area contributed by atoms with Crippen LogP contribution < -0.4 is 5.32 Å². The van der Waals surface area contributed by atoms with Gasteiger partial charge >= 0.3 is 0 Å². The first kappa shape index (κ1) is 17.8. The van der Waals surface area contributed by atoms with Crippen LogP contribution in [-0.2, 0) is 7.05 Å². The van der Waals surface area contributed by atoms with Crippen LogP contribution in [-0.4, -0.2) is 35.4 Å². The molecule has 5 aromatic rings. The highest BCUT2D eigenvalue weighted by molar-refractivity contribution is 6.13. The summed E-state index contributed by atoms with van der Waals surface area (Å²) in [5, 5.41) is 12.2. The molecule has 0 aliphatic rings. The van der Waals surface area contributed by atoms with E-state index in [0.29, 0.717) is 39.6 Å². The largest absolute Gasteiger partial charge is 0.463 e. The number of anilines is 1. The Kier molecular flexibility index (Phi) is 4.13. The van der Waals surface area contributed by atoms with Crippen LogP contribution >= 0.6 is 0 Å². The van der Waals surface area contributed by atoms with Crippen molar-refractivity contribution in [2.24, 2.45) is 7.05 Å². The first-order valence-electron chi connectivity index (χ1n) is 9.26. The highest BCUT2D eigenvalue weighted by Crippen LogP contribution is 2.27. The normalized spacial score (nSPS) is 11.1. The quantitative estimate of drug-likeness (QED) is 0.497. The molecule has 0 bridgehead atoms. The molecule has 30 heavy (non-hydrogen) atoms. The van der Waals surface area contributed by atoms with Gasteiger partial charge in [0.25, 0.3) is 5.91 Å². The van der Waals surface area contributed by atoms with E-state index in [0.717, 1.165) is 5.69 Å². The molecule has 1 N–H and O–H groups in total. The lowest BCUT2D eigenvalue weighted by atomic mass is 10.1. The number of amides is 1. The third kappa shape index (κ3) is 3.02. The molecule has 5 heterocycles. The lowest BCUT2D eigenvalue weighted by molar-refractivity contribution is 0.102. The van der Waals surface area contributed by atoms with Crippen LogP contribution in [0.3, 0.4) is 0 Å². The van der Waals surface area contributed by atoms with Crippen LogP contribution in [0.2, 0.25) is 0 Å². The fourth-order valence-corrected chi connectivity index (χ4v) is 3.37. The summed E-state index contributed by atoms with van der Waals surface area (Å²) in [7, 11) is 1.80. The summed E-state index contributed by atoms with van der Waals surface area (Å²) in [5.41, 5.74) is 2.94. The first-order chi connectivity index (χ1) is 14.6. The number of fused-ring (bicyclic) bond motifs is 1. The summed E-state index contributed by atoms with van der Waals surface area (Å²) in [4.78, 5) is 22.2. The Bertz CT molecular complexity index is 1330. The lowest BCUT2D eigenvalue weighted by Crippen LogP contribution is -2.13. The van der Waals surface area contributed by atoms with Gasteiger partial charge in [0.1, 0.15) is 5.69 Å². The standard InChI is InChI=1S/C21H17N7O2/c1-13-19-15(11-16(17-5-3-10-30-17)25-20(19)27(2)26-13)21(29)24-14-6-7-18(22-12-14)28-9-4-8-23-28/h3-12H,1-2H3,(H,24,29). The predicted molar refractivity (Wildman–Crippen MR) is 110 cm³/mol. The van der Waals surface area contributed by atoms with Crippen molar-refractivity contribution in [2.75, 3.05) is 5.32 Å². The van der Waals surface area contributed by atoms with E-state index in [-0.39, 0.29) is 5.91 Å². The Morgan fingerprint density at radius 3 is 2.80 bits per heavy atom. The van der Waals surface area contributed by atoms with E-state index >= 15 is 0 Å². The Balaban J connectivity index is 1.52. The van der Waals surface area contributed by atoms with E-state index in [9.17, 15) is 4.79 Å². The molecule has 0 saturated heterocycles. The van der Waals surface area contributed by atoms with Crippen molar-refractivity contribution >= 4 is 22.6 Å². The average molecular weight is 399 g/mol. The topological polar surface area (TPSA) is 104 Å². The maximum absolute atomic E-state index is 13.2. The van der Waals surface area contributed by atoms with Gasteiger partial charge in [-0.25, -0.2) is 14.6 Å². The second-order valence-corrected chi connectivity index (χ2v) is 6.75. The maximum Gasteiger partial charge on any atom is 0.256 e. The minimum atomic E-state index is -0.278. The molecule has 0 aliphatic heterocycles. The second-order valence-electron chi connectivity index (χ2n) is 6.75. The van der Waals surface area contributed by atoms with Gasteiger partial charge < -0.3 is 9.73 Å². The molecule has 148 valence electrons. The molecule has 9 nitrogen and oxygen atoms in total. The molecule has 9 heteroatoms. The molecule has 0 spiro atoms. The monoisotopic (exact) mass is 399 g/mol. The van der Waals surface area contributed by atoms with Crippen molar-refractivity contribution in [1.29, 1.82) is 0 Å². The number of pyridine rings is 2. The summed E-state index contributed by atoms with van der Waals surface area (Å²) in [6, 6.07) is 10.7. The Labute approximate surface area is 171 Å². The van der Waals surface area contributed by atoms with Gasteiger partial charge in [0.2, 0.25) is 0 Å². The number of rotatable bonds is 4. The zero-order chi connectivity index (χ0) is 20.7. The smallest absolute Gasteiger partial charge is 0.256 e. The average Bonchev–Trinajstić information content (AvgIpc) is 3.51. The van der Waals surface area contributed by atoms with Gasteiger partial charge in [0.05, 0.1) is 34.8 Å². The van der Waals surface area contributed by atoms with Crippen molar-refractivity contribution in [1.82, 2.24) is 29.5 Å². The summed E-state index contributed by atoms with van der Waals surface area (Å²) in [5.74, 6) is 0.961. The van der Waals surface area contributed by atoms with Crippen LogP contribution in [0.15, 0.2) is 65.7 Å². The van der Waals surface area contributed by atoms with Crippen molar-refractivity contribution in [2.45, 2.75) is 6.92 Å². The molecule has 0 atom stereocenters. The van der Waals surface area contributed by atoms with Gasteiger partial charge in [0.15, 0.2) is 17.2 Å². The van der Waals surface area contributed by atoms with E-state index in [1.54, 1.807) is 71.6 Å². The van der Waals surface area contributed by atoms with Crippen LogP contribution in [0.1, 0.15) is 16.1 Å². The number of carbonyl (C=O) groups is 1. The summed E-state index contributed by atoms with van der Waals surface area (Å²) < 4.78 is 8.78.